The van der Waals surface area contributed by atoms with Crippen molar-refractivity contribution in [3.8, 4) is 0 Å². The molecule has 2 fully saturated rings. The molecule has 0 aromatic carbocycles. The third-order valence-corrected chi connectivity index (χ3v) is 4.77. The van der Waals surface area contributed by atoms with Gasteiger partial charge in [0.1, 0.15) is 6.29 Å². The number of aldehydes is 1. The van der Waals surface area contributed by atoms with Crippen LogP contribution in [0.1, 0.15) is 45.4 Å². The van der Waals surface area contributed by atoms with Crippen molar-refractivity contribution in [2.45, 2.75) is 57.1 Å². The van der Waals surface area contributed by atoms with Crippen molar-refractivity contribution in [2.75, 3.05) is 0 Å². The van der Waals surface area contributed by atoms with Crippen LogP contribution in [-0.2, 0) is 4.79 Å². The molecule has 0 aliphatic heterocycles. The van der Waals surface area contributed by atoms with Crippen molar-refractivity contribution in [2.24, 2.45) is 23.5 Å². The van der Waals surface area contributed by atoms with E-state index in [1.165, 1.54) is 12.8 Å². The highest BCUT2D eigenvalue weighted by Crippen LogP contribution is 2.47. The lowest BCUT2D eigenvalue weighted by molar-refractivity contribution is -0.118. The fraction of sp³-hybridized carbons (Fsp3) is 0.923. The first kappa shape index (κ1) is 12.1. The lowest BCUT2D eigenvalue weighted by Crippen LogP contribution is -2.56. The van der Waals surface area contributed by atoms with Crippen LogP contribution in [-0.4, -0.2) is 23.0 Å². The van der Waals surface area contributed by atoms with Crippen LogP contribution in [0.3, 0.4) is 0 Å². The Labute approximate surface area is 97.4 Å². The number of hydrogen-bond acceptors (Lipinski definition) is 3. The molecule has 0 heterocycles. The number of nitrogens with two attached hydrogens (primary N) is 1. The first-order valence-corrected chi connectivity index (χ1v) is 6.49. The maximum atomic E-state index is 11.1. The van der Waals surface area contributed by atoms with Gasteiger partial charge in [-0.25, -0.2) is 0 Å². The van der Waals surface area contributed by atoms with Crippen LogP contribution in [0.25, 0.3) is 0 Å². The van der Waals surface area contributed by atoms with Crippen LogP contribution in [0.2, 0.25) is 0 Å². The van der Waals surface area contributed by atoms with Gasteiger partial charge in [0.2, 0.25) is 0 Å². The van der Waals surface area contributed by atoms with Crippen LogP contribution in [0, 0.1) is 17.8 Å². The Kier molecular flexibility index (Phi) is 3.36. The highest BCUT2D eigenvalue weighted by atomic mass is 16.3. The lowest BCUT2D eigenvalue weighted by atomic mass is 9.58. The Morgan fingerprint density at radius 2 is 2.25 bits per heavy atom. The van der Waals surface area contributed by atoms with Crippen molar-refractivity contribution in [1.29, 1.82) is 0 Å². The molecule has 5 atom stereocenters. The fourth-order valence-electron chi connectivity index (χ4n) is 3.74. The summed E-state index contributed by atoms with van der Waals surface area (Å²) in [6.45, 7) is 1.79. The van der Waals surface area contributed by atoms with Gasteiger partial charge >= 0.3 is 0 Å². The molecule has 3 heteroatoms. The van der Waals surface area contributed by atoms with E-state index >= 15 is 0 Å². The average Bonchev–Trinajstić information content (AvgIpc) is 2.26. The molecule has 0 aromatic heterocycles. The lowest BCUT2D eigenvalue weighted by Gasteiger charge is -2.50. The van der Waals surface area contributed by atoms with Crippen LogP contribution >= 0.6 is 0 Å². The Hall–Kier alpha value is -0.410. The normalized spacial score (nSPS) is 45.8. The highest BCUT2D eigenvalue weighted by Gasteiger charge is 2.47. The number of aliphatic hydroxyl groups is 1. The van der Waals surface area contributed by atoms with Crippen LogP contribution in [0.15, 0.2) is 0 Å². The quantitative estimate of drug-likeness (QED) is 0.700. The molecule has 2 rings (SSSR count). The maximum absolute atomic E-state index is 11.1. The van der Waals surface area contributed by atoms with Gasteiger partial charge in [-0.15, -0.1) is 0 Å². The zero-order valence-corrected chi connectivity index (χ0v) is 10.1. The molecular formula is C13H23NO2. The van der Waals surface area contributed by atoms with E-state index in [4.69, 9.17) is 5.73 Å². The summed E-state index contributed by atoms with van der Waals surface area (Å²) in [5, 5.41) is 9.77. The van der Waals surface area contributed by atoms with Gasteiger partial charge in [0.05, 0.1) is 6.10 Å². The third kappa shape index (κ3) is 2.03. The second-order valence-electron chi connectivity index (χ2n) is 5.82. The summed E-state index contributed by atoms with van der Waals surface area (Å²) in [6, 6.07) is 0. The Morgan fingerprint density at radius 3 is 2.88 bits per heavy atom. The summed E-state index contributed by atoms with van der Waals surface area (Å²) in [7, 11) is 0. The maximum Gasteiger partial charge on any atom is 0.123 e. The van der Waals surface area contributed by atoms with E-state index in [0.29, 0.717) is 5.92 Å². The van der Waals surface area contributed by atoms with E-state index in [2.05, 4.69) is 0 Å². The zero-order valence-electron chi connectivity index (χ0n) is 10.1. The molecule has 0 bridgehead atoms. The van der Waals surface area contributed by atoms with Crippen molar-refractivity contribution in [1.82, 2.24) is 0 Å². The molecule has 0 aromatic rings. The van der Waals surface area contributed by atoms with Gasteiger partial charge in [0.25, 0.3) is 0 Å². The van der Waals surface area contributed by atoms with Crippen LogP contribution in [0.5, 0.6) is 0 Å². The van der Waals surface area contributed by atoms with Crippen molar-refractivity contribution < 1.29 is 9.90 Å². The summed E-state index contributed by atoms with van der Waals surface area (Å²) in [5.74, 6) is 0.572. The molecule has 2 unspecified atom stereocenters. The predicted molar refractivity (Wildman–Crippen MR) is 62.8 cm³/mol. The SMILES string of the molecule is C[C@@H](O)C1CC2(N)CCCC[C@H]2C[C@H]1C=O. The minimum absolute atomic E-state index is 0.0137. The first-order chi connectivity index (χ1) is 7.57. The molecule has 2 aliphatic rings. The van der Waals surface area contributed by atoms with Crippen molar-refractivity contribution >= 4 is 6.29 Å². The predicted octanol–water partition coefficient (Wildman–Crippen LogP) is 1.48. The molecule has 0 radical (unpaired) electrons. The second-order valence-corrected chi connectivity index (χ2v) is 5.82. The van der Waals surface area contributed by atoms with Gasteiger partial charge < -0.3 is 15.6 Å². The molecule has 92 valence electrons. The van der Waals surface area contributed by atoms with Gasteiger partial charge in [-0.3, -0.25) is 0 Å². The number of fused-ring (bicyclic) bond motifs is 1. The molecule has 2 aliphatic carbocycles. The standard InChI is InChI=1S/C13H23NO2/c1-9(16)12-7-13(14)5-3-2-4-11(13)6-10(12)8-15/h8-12,16H,2-7,14H2,1H3/t9-,10+,11+,12?,13?/m1/s1. The summed E-state index contributed by atoms with van der Waals surface area (Å²) >= 11 is 0. The first-order valence-electron chi connectivity index (χ1n) is 6.49. The third-order valence-electron chi connectivity index (χ3n) is 4.77. The molecule has 3 nitrogen and oxygen atoms in total. The van der Waals surface area contributed by atoms with E-state index in [9.17, 15) is 9.90 Å². The average molecular weight is 225 g/mol. The van der Waals surface area contributed by atoms with Gasteiger partial charge in [-0.2, -0.15) is 0 Å². The summed E-state index contributed by atoms with van der Waals surface area (Å²) in [5.41, 5.74) is 6.37. The Balaban J connectivity index is 2.16. The van der Waals surface area contributed by atoms with E-state index in [-0.39, 0.29) is 17.4 Å². The van der Waals surface area contributed by atoms with Gasteiger partial charge in [-0.1, -0.05) is 12.8 Å². The van der Waals surface area contributed by atoms with Gasteiger partial charge in [-0.05, 0) is 44.4 Å². The molecule has 16 heavy (non-hydrogen) atoms. The molecular weight excluding hydrogens is 202 g/mol. The van der Waals surface area contributed by atoms with E-state index < -0.39 is 6.10 Å². The summed E-state index contributed by atoms with van der Waals surface area (Å²) in [4.78, 5) is 11.1. The molecule has 3 N–H and O–H groups in total. The van der Waals surface area contributed by atoms with Crippen LogP contribution < -0.4 is 5.73 Å². The van der Waals surface area contributed by atoms with Gasteiger partial charge in [0.15, 0.2) is 0 Å². The summed E-state index contributed by atoms with van der Waals surface area (Å²) < 4.78 is 0. The zero-order chi connectivity index (χ0) is 11.8. The van der Waals surface area contributed by atoms with Crippen LogP contribution in [0.4, 0.5) is 0 Å². The number of carbonyl (C=O) groups is 1. The van der Waals surface area contributed by atoms with Gasteiger partial charge in [0, 0.05) is 11.5 Å². The molecule has 0 spiro atoms. The topological polar surface area (TPSA) is 63.3 Å². The fourth-order valence-corrected chi connectivity index (χ4v) is 3.74. The largest absolute Gasteiger partial charge is 0.393 e. The number of hydrogen-bond donors (Lipinski definition) is 2. The van der Waals surface area contributed by atoms with E-state index in [1.807, 2.05) is 0 Å². The monoisotopic (exact) mass is 225 g/mol. The van der Waals surface area contributed by atoms with E-state index in [0.717, 1.165) is 32.0 Å². The smallest absolute Gasteiger partial charge is 0.123 e. The molecule has 2 saturated carbocycles. The minimum atomic E-state index is -0.418. The molecule has 0 amide bonds. The molecule has 0 saturated heterocycles. The summed E-state index contributed by atoms with van der Waals surface area (Å²) in [6.07, 6.45) is 6.98. The van der Waals surface area contributed by atoms with E-state index in [1.54, 1.807) is 6.92 Å². The van der Waals surface area contributed by atoms with Crippen molar-refractivity contribution in [3.05, 3.63) is 0 Å². The number of rotatable bonds is 2. The number of aliphatic hydroxyl groups excluding tert-OH is 1. The number of carbonyl (C=O) groups excluding carboxylic acids is 1. The second kappa shape index (κ2) is 4.46. The van der Waals surface area contributed by atoms with Crippen molar-refractivity contribution in [3.63, 3.8) is 0 Å². The minimum Gasteiger partial charge on any atom is -0.393 e. The highest BCUT2D eigenvalue weighted by molar-refractivity contribution is 5.54. The Bertz CT molecular complexity index is 267. The Morgan fingerprint density at radius 1 is 1.50 bits per heavy atom.